The zero-order valence-corrected chi connectivity index (χ0v) is 15.5. The van der Waals surface area contributed by atoms with Gasteiger partial charge in [0.05, 0.1) is 12.3 Å². The zero-order valence-electron chi connectivity index (χ0n) is 13.9. The number of amides is 1. The standard InChI is InChI=1S/C18H26BrNO3/c1-3-6-14(19)11-13-8-9-15(17(12-13)22-4-2)20-18(21)16-7-5-10-23-16/h8-9,12,14,16H,3-7,10-11H2,1-2H3,(H,20,21). The molecule has 4 nitrogen and oxygen atoms in total. The van der Waals surface area contributed by atoms with Crippen molar-refractivity contribution in [2.24, 2.45) is 0 Å². The number of hydrogen-bond donors (Lipinski definition) is 1. The van der Waals surface area contributed by atoms with Gasteiger partial charge in [-0.25, -0.2) is 0 Å². The molecule has 0 saturated carbocycles. The SMILES string of the molecule is CCCC(Br)Cc1ccc(NC(=O)C2CCCO2)c(OCC)c1. The molecule has 1 aromatic rings. The van der Waals surface area contributed by atoms with Crippen molar-refractivity contribution in [3.63, 3.8) is 0 Å². The molecule has 0 bridgehead atoms. The minimum Gasteiger partial charge on any atom is -0.492 e. The van der Waals surface area contributed by atoms with Crippen molar-refractivity contribution in [1.82, 2.24) is 0 Å². The van der Waals surface area contributed by atoms with E-state index in [-0.39, 0.29) is 12.0 Å². The summed E-state index contributed by atoms with van der Waals surface area (Å²) in [6.45, 7) is 5.37. The predicted octanol–water partition coefficient (Wildman–Crippen LogP) is 4.31. The molecule has 1 aliphatic rings. The quantitative estimate of drug-likeness (QED) is 0.680. The first-order chi connectivity index (χ1) is 11.1. The number of hydrogen-bond acceptors (Lipinski definition) is 3. The Morgan fingerprint density at radius 2 is 2.30 bits per heavy atom. The van der Waals surface area contributed by atoms with Crippen LogP contribution in [0.4, 0.5) is 5.69 Å². The number of carbonyl (C=O) groups is 1. The first-order valence-electron chi connectivity index (χ1n) is 8.46. The highest BCUT2D eigenvalue weighted by Crippen LogP contribution is 2.28. The van der Waals surface area contributed by atoms with E-state index in [1.807, 2.05) is 19.1 Å². The van der Waals surface area contributed by atoms with E-state index in [0.717, 1.165) is 43.5 Å². The fourth-order valence-corrected chi connectivity index (χ4v) is 3.57. The fraction of sp³-hybridized carbons (Fsp3) is 0.611. The van der Waals surface area contributed by atoms with Crippen LogP contribution in [0.5, 0.6) is 5.75 Å². The highest BCUT2D eigenvalue weighted by molar-refractivity contribution is 9.09. The molecule has 1 amide bonds. The van der Waals surface area contributed by atoms with Crippen LogP contribution in [0.1, 0.15) is 45.1 Å². The Hall–Kier alpha value is -1.07. The molecule has 0 aliphatic carbocycles. The number of ether oxygens (including phenoxy) is 2. The van der Waals surface area contributed by atoms with Crippen molar-refractivity contribution in [1.29, 1.82) is 0 Å². The Balaban J connectivity index is 2.07. The van der Waals surface area contributed by atoms with E-state index in [1.165, 1.54) is 5.56 Å². The molecule has 2 unspecified atom stereocenters. The van der Waals surface area contributed by atoms with Gasteiger partial charge in [0.25, 0.3) is 5.91 Å². The van der Waals surface area contributed by atoms with E-state index >= 15 is 0 Å². The molecule has 1 N–H and O–H groups in total. The molecule has 1 heterocycles. The molecule has 2 atom stereocenters. The van der Waals surface area contributed by atoms with E-state index in [1.54, 1.807) is 0 Å². The van der Waals surface area contributed by atoms with Gasteiger partial charge in [-0.15, -0.1) is 0 Å². The van der Waals surface area contributed by atoms with E-state index < -0.39 is 0 Å². The Kier molecular flexibility index (Phi) is 7.37. The molecule has 1 fully saturated rings. The van der Waals surface area contributed by atoms with Crippen LogP contribution in [0.2, 0.25) is 0 Å². The van der Waals surface area contributed by atoms with Gasteiger partial charge in [0.1, 0.15) is 11.9 Å². The summed E-state index contributed by atoms with van der Waals surface area (Å²) in [5.41, 5.74) is 1.93. The highest BCUT2D eigenvalue weighted by Gasteiger charge is 2.24. The third-order valence-electron chi connectivity index (χ3n) is 3.88. The zero-order chi connectivity index (χ0) is 16.7. The normalized spacial score (nSPS) is 18.7. The smallest absolute Gasteiger partial charge is 0.253 e. The fourth-order valence-electron chi connectivity index (χ4n) is 2.74. The van der Waals surface area contributed by atoms with E-state index in [0.29, 0.717) is 18.0 Å². The first-order valence-corrected chi connectivity index (χ1v) is 9.37. The Bertz CT molecular complexity index is 515. The third kappa shape index (κ3) is 5.50. The lowest BCUT2D eigenvalue weighted by molar-refractivity contribution is -0.124. The van der Waals surface area contributed by atoms with Crippen LogP contribution in [0.25, 0.3) is 0 Å². The van der Waals surface area contributed by atoms with Crippen LogP contribution in [0.15, 0.2) is 18.2 Å². The second-order valence-corrected chi connectivity index (χ2v) is 7.14. The Morgan fingerprint density at radius 1 is 1.48 bits per heavy atom. The molecule has 1 saturated heterocycles. The summed E-state index contributed by atoms with van der Waals surface area (Å²) in [5, 5.41) is 2.94. The van der Waals surface area contributed by atoms with Crippen molar-refractivity contribution >= 4 is 27.5 Å². The Labute approximate surface area is 147 Å². The number of rotatable bonds is 8. The number of benzene rings is 1. The van der Waals surface area contributed by atoms with Crippen molar-refractivity contribution in [3.8, 4) is 5.75 Å². The minimum absolute atomic E-state index is 0.0828. The summed E-state index contributed by atoms with van der Waals surface area (Å²) in [7, 11) is 0. The van der Waals surface area contributed by atoms with Crippen molar-refractivity contribution in [2.75, 3.05) is 18.5 Å². The maximum atomic E-state index is 12.2. The first kappa shape index (κ1) is 18.3. The average Bonchev–Trinajstić information content (AvgIpc) is 3.05. The van der Waals surface area contributed by atoms with Crippen molar-refractivity contribution in [2.45, 2.75) is 56.9 Å². The molecule has 0 radical (unpaired) electrons. The average molecular weight is 384 g/mol. The third-order valence-corrected chi connectivity index (χ3v) is 4.67. The molecule has 0 spiro atoms. The van der Waals surface area contributed by atoms with Gasteiger partial charge in [0.2, 0.25) is 0 Å². The molecule has 5 heteroatoms. The second-order valence-electron chi connectivity index (χ2n) is 5.84. The van der Waals surface area contributed by atoms with Gasteiger partial charge in [0, 0.05) is 11.4 Å². The molecule has 1 aliphatic heterocycles. The minimum atomic E-state index is -0.333. The van der Waals surface area contributed by atoms with Crippen LogP contribution in [0.3, 0.4) is 0 Å². The van der Waals surface area contributed by atoms with Crippen molar-refractivity contribution in [3.05, 3.63) is 23.8 Å². The molecule has 128 valence electrons. The highest BCUT2D eigenvalue weighted by atomic mass is 79.9. The second kappa shape index (κ2) is 9.28. The van der Waals surface area contributed by atoms with Crippen LogP contribution < -0.4 is 10.1 Å². The summed E-state index contributed by atoms with van der Waals surface area (Å²) in [6.07, 6.45) is 4.65. The van der Waals surface area contributed by atoms with Gasteiger partial charge in [-0.1, -0.05) is 35.3 Å². The molecular weight excluding hydrogens is 358 g/mol. The van der Waals surface area contributed by atoms with Gasteiger partial charge < -0.3 is 14.8 Å². The van der Waals surface area contributed by atoms with Gasteiger partial charge in [-0.2, -0.15) is 0 Å². The van der Waals surface area contributed by atoms with Crippen molar-refractivity contribution < 1.29 is 14.3 Å². The predicted molar refractivity (Wildman–Crippen MR) is 96.5 cm³/mol. The van der Waals surface area contributed by atoms with Crippen LogP contribution in [0, 0.1) is 0 Å². The summed E-state index contributed by atoms with van der Waals surface area (Å²) in [6, 6.07) is 6.01. The summed E-state index contributed by atoms with van der Waals surface area (Å²) in [5.74, 6) is 0.646. The number of alkyl halides is 1. The van der Waals surface area contributed by atoms with E-state index in [9.17, 15) is 4.79 Å². The van der Waals surface area contributed by atoms with Gasteiger partial charge in [-0.3, -0.25) is 4.79 Å². The lowest BCUT2D eigenvalue weighted by Crippen LogP contribution is -2.27. The molecule has 1 aromatic carbocycles. The topological polar surface area (TPSA) is 47.6 Å². The number of nitrogens with one attached hydrogen (secondary N) is 1. The summed E-state index contributed by atoms with van der Waals surface area (Å²) in [4.78, 5) is 12.7. The van der Waals surface area contributed by atoms with E-state index in [2.05, 4.69) is 34.2 Å². The number of halogens is 1. The number of anilines is 1. The maximum absolute atomic E-state index is 12.2. The van der Waals surface area contributed by atoms with Gasteiger partial charge >= 0.3 is 0 Å². The van der Waals surface area contributed by atoms with E-state index in [4.69, 9.17) is 9.47 Å². The molecular formula is C18H26BrNO3. The Morgan fingerprint density at radius 3 is 2.96 bits per heavy atom. The molecule has 2 rings (SSSR count). The summed E-state index contributed by atoms with van der Waals surface area (Å²) >= 11 is 3.71. The van der Waals surface area contributed by atoms with Crippen LogP contribution >= 0.6 is 15.9 Å². The van der Waals surface area contributed by atoms with Gasteiger partial charge in [0.15, 0.2) is 0 Å². The van der Waals surface area contributed by atoms with Crippen LogP contribution in [-0.4, -0.2) is 30.1 Å². The van der Waals surface area contributed by atoms with Gasteiger partial charge in [-0.05, 0) is 50.3 Å². The summed E-state index contributed by atoms with van der Waals surface area (Å²) < 4.78 is 11.1. The number of carbonyl (C=O) groups excluding carboxylic acids is 1. The molecule has 23 heavy (non-hydrogen) atoms. The monoisotopic (exact) mass is 383 g/mol. The maximum Gasteiger partial charge on any atom is 0.253 e. The van der Waals surface area contributed by atoms with Crippen LogP contribution in [-0.2, 0) is 16.0 Å². The lowest BCUT2D eigenvalue weighted by atomic mass is 10.1. The molecule has 0 aromatic heterocycles. The largest absolute Gasteiger partial charge is 0.492 e. The lowest BCUT2D eigenvalue weighted by Gasteiger charge is -2.16.